The topological polar surface area (TPSA) is 64.7 Å². The van der Waals surface area contributed by atoms with Crippen molar-refractivity contribution in [3.05, 3.63) is 61.4 Å². The first-order chi connectivity index (χ1) is 12.8. The Kier molecular flexibility index (Phi) is 6.47. The molecule has 0 spiro atoms. The highest BCUT2D eigenvalue weighted by molar-refractivity contribution is 9.10. The smallest absolute Gasteiger partial charge is 0.227 e. The van der Waals surface area contributed by atoms with E-state index in [0.29, 0.717) is 38.4 Å². The summed E-state index contributed by atoms with van der Waals surface area (Å²) in [5.74, 6) is 0.287. The second-order valence-electron chi connectivity index (χ2n) is 5.90. The maximum atomic E-state index is 12.2. The lowest BCUT2D eigenvalue weighted by Gasteiger charge is -2.05. The molecular formula is C17H15BrCl3N5O. The van der Waals surface area contributed by atoms with E-state index in [9.17, 15) is 4.79 Å². The summed E-state index contributed by atoms with van der Waals surface area (Å²) in [6.07, 6.45) is 3.74. The Balaban J connectivity index is 1.60. The quantitative estimate of drug-likeness (QED) is 0.516. The number of aromatic nitrogens is 4. The fraction of sp³-hybridized carbons (Fsp3) is 0.235. The zero-order valence-electron chi connectivity index (χ0n) is 14.2. The Hall–Kier alpha value is -1.54. The van der Waals surface area contributed by atoms with E-state index in [0.717, 1.165) is 11.3 Å². The summed E-state index contributed by atoms with van der Waals surface area (Å²) in [4.78, 5) is 12.2. The molecule has 2 heterocycles. The molecule has 0 aliphatic carbocycles. The summed E-state index contributed by atoms with van der Waals surface area (Å²) in [5, 5.41) is 13.0. The SMILES string of the molecule is Cc1nn(CCC(=O)Nc2nn(Cc3ccc(Cl)c(Cl)c3)cc2Br)cc1Cl. The molecule has 3 aromatic rings. The monoisotopic (exact) mass is 489 g/mol. The Morgan fingerprint density at radius 1 is 1.11 bits per heavy atom. The molecule has 0 saturated heterocycles. The van der Waals surface area contributed by atoms with Crippen LogP contribution in [0, 0.1) is 6.92 Å². The molecule has 0 aliphatic heterocycles. The predicted molar refractivity (Wildman–Crippen MR) is 111 cm³/mol. The third-order valence-electron chi connectivity index (χ3n) is 3.76. The van der Waals surface area contributed by atoms with Crippen molar-refractivity contribution in [3.63, 3.8) is 0 Å². The van der Waals surface area contributed by atoms with Crippen LogP contribution in [-0.4, -0.2) is 25.5 Å². The van der Waals surface area contributed by atoms with E-state index in [1.807, 2.05) is 13.0 Å². The molecule has 2 aromatic heterocycles. The number of amides is 1. The number of halogens is 4. The zero-order chi connectivity index (χ0) is 19.6. The molecule has 142 valence electrons. The number of rotatable bonds is 6. The number of hydrogen-bond donors (Lipinski definition) is 1. The maximum absolute atomic E-state index is 12.2. The van der Waals surface area contributed by atoms with E-state index in [4.69, 9.17) is 34.8 Å². The van der Waals surface area contributed by atoms with Gasteiger partial charge in [-0.25, -0.2) is 0 Å². The largest absolute Gasteiger partial charge is 0.308 e. The van der Waals surface area contributed by atoms with Crippen molar-refractivity contribution >= 4 is 62.5 Å². The van der Waals surface area contributed by atoms with E-state index >= 15 is 0 Å². The Labute approximate surface area is 179 Å². The predicted octanol–water partition coefficient (Wildman–Crippen LogP) is 5.19. The van der Waals surface area contributed by atoms with Crippen molar-refractivity contribution in [1.82, 2.24) is 19.6 Å². The van der Waals surface area contributed by atoms with Gasteiger partial charge < -0.3 is 5.32 Å². The van der Waals surface area contributed by atoms with Crippen LogP contribution in [0.2, 0.25) is 15.1 Å². The minimum Gasteiger partial charge on any atom is -0.308 e. The third-order valence-corrected chi connectivity index (χ3v) is 5.45. The lowest BCUT2D eigenvalue weighted by molar-refractivity contribution is -0.116. The molecule has 0 bridgehead atoms. The van der Waals surface area contributed by atoms with E-state index < -0.39 is 0 Å². The highest BCUT2D eigenvalue weighted by atomic mass is 79.9. The molecule has 3 rings (SSSR count). The lowest BCUT2D eigenvalue weighted by atomic mass is 10.2. The fourth-order valence-corrected chi connectivity index (χ4v) is 3.29. The van der Waals surface area contributed by atoms with Crippen LogP contribution < -0.4 is 5.32 Å². The molecule has 0 unspecified atom stereocenters. The first-order valence-corrected chi connectivity index (χ1v) is 9.91. The molecule has 0 fully saturated rings. The van der Waals surface area contributed by atoms with Gasteiger partial charge in [0.05, 0.1) is 31.8 Å². The summed E-state index contributed by atoms with van der Waals surface area (Å²) in [6, 6.07) is 5.40. The van der Waals surface area contributed by atoms with E-state index in [1.54, 1.807) is 33.9 Å². The highest BCUT2D eigenvalue weighted by Gasteiger charge is 2.12. The average molecular weight is 492 g/mol. The number of hydrogen-bond acceptors (Lipinski definition) is 3. The molecule has 1 aromatic carbocycles. The minimum atomic E-state index is -0.167. The molecule has 10 heteroatoms. The van der Waals surface area contributed by atoms with Gasteiger partial charge in [-0.15, -0.1) is 0 Å². The number of nitrogens with one attached hydrogen (secondary N) is 1. The van der Waals surface area contributed by atoms with Gasteiger partial charge in [0.15, 0.2) is 5.82 Å². The van der Waals surface area contributed by atoms with Gasteiger partial charge in [0.2, 0.25) is 5.91 Å². The number of anilines is 1. The van der Waals surface area contributed by atoms with Gasteiger partial charge in [0.25, 0.3) is 0 Å². The van der Waals surface area contributed by atoms with E-state index in [2.05, 4.69) is 31.4 Å². The molecule has 0 radical (unpaired) electrons. The molecule has 1 N–H and O–H groups in total. The summed E-state index contributed by atoms with van der Waals surface area (Å²) in [6.45, 7) is 2.74. The van der Waals surface area contributed by atoms with Crippen molar-refractivity contribution in [2.45, 2.75) is 26.4 Å². The molecule has 27 heavy (non-hydrogen) atoms. The number of aryl methyl sites for hydroxylation is 2. The van der Waals surface area contributed by atoms with E-state index in [-0.39, 0.29) is 12.3 Å². The first kappa shape index (κ1) is 20.2. The van der Waals surface area contributed by atoms with Gasteiger partial charge >= 0.3 is 0 Å². The molecule has 6 nitrogen and oxygen atoms in total. The Morgan fingerprint density at radius 3 is 2.56 bits per heavy atom. The summed E-state index contributed by atoms with van der Waals surface area (Å²) >= 11 is 21.3. The number of carbonyl (C=O) groups excluding carboxylic acids is 1. The van der Waals surface area contributed by atoms with Crippen molar-refractivity contribution in [1.29, 1.82) is 0 Å². The lowest BCUT2D eigenvalue weighted by Crippen LogP contribution is -2.15. The molecule has 1 amide bonds. The van der Waals surface area contributed by atoms with Crippen LogP contribution in [0.4, 0.5) is 5.82 Å². The van der Waals surface area contributed by atoms with Crippen LogP contribution in [0.5, 0.6) is 0 Å². The van der Waals surface area contributed by atoms with Gasteiger partial charge in [-0.3, -0.25) is 14.2 Å². The van der Waals surface area contributed by atoms with Crippen molar-refractivity contribution < 1.29 is 4.79 Å². The van der Waals surface area contributed by atoms with Gasteiger partial charge in [-0.1, -0.05) is 40.9 Å². The second-order valence-corrected chi connectivity index (χ2v) is 7.97. The molecule has 0 atom stereocenters. The Bertz CT molecular complexity index is 966. The Morgan fingerprint density at radius 2 is 1.89 bits per heavy atom. The van der Waals surface area contributed by atoms with Crippen LogP contribution in [0.15, 0.2) is 35.1 Å². The number of benzene rings is 1. The van der Waals surface area contributed by atoms with Crippen molar-refractivity contribution in [3.8, 4) is 0 Å². The van der Waals surface area contributed by atoms with Crippen molar-refractivity contribution in [2.24, 2.45) is 0 Å². The van der Waals surface area contributed by atoms with Gasteiger partial charge in [-0.05, 0) is 40.5 Å². The minimum absolute atomic E-state index is 0.167. The summed E-state index contributed by atoms with van der Waals surface area (Å²) in [7, 11) is 0. The van der Waals surface area contributed by atoms with Crippen LogP contribution in [0.25, 0.3) is 0 Å². The standard InChI is InChI=1S/C17H15BrCl3N5O/c1-10-15(21)9-25(23-10)5-4-16(27)22-17-12(18)8-26(24-17)7-11-2-3-13(19)14(20)6-11/h2-3,6,8-9H,4-5,7H2,1H3,(H,22,24,27). The highest BCUT2D eigenvalue weighted by Crippen LogP contribution is 2.24. The maximum Gasteiger partial charge on any atom is 0.227 e. The molecular weight excluding hydrogens is 476 g/mol. The number of carbonyl (C=O) groups is 1. The van der Waals surface area contributed by atoms with E-state index in [1.165, 1.54) is 0 Å². The summed E-state index contributed by atoms with van der Waals surface area (Å²) < 4.78 is 4.04. The van der Waals surface area contributed by atoms with Crippen LogP contribution in [0.3, 0.4) is 0 Å². The van der Waals surface area contributed by atoms with Crippen molar-refractivity contribution in [2.75, 3.05) is 5.32 Å². The zero-order valence-corrected chi connectivity index (χ0v) is 18.1. The van der Waals surface area contributed by atoms with Crippen LogP contribution in [-0.2, 0) is 17.9 Å². The van der Waals surface area contributed by atoms with Crippen LogP contribution in [0.1, 0.15) is 17.7 Å². The third kappa shape index (κ3) is 5.25. The number of nitrogens with zero attached hydrogens (tertiary/aromatic N) is 4. The average Bonchev–Trinajstić information content (AvgIpc) is 3.11. The van der Waals surface area contributed by atoms with Crippen LogP contribution >= 0.6 is 50.7 Å². The van der Waals surface area contributed by atoms with Gasteiger partial charge in [0, 0.05) is 25.4 Å². The molecule has 0 saturated carbocycles. The molecule has 0 aliphatic rings. The normalized spacial score (nSPS) is 11.0. The summed E-state index contributed by atoms with van der Waals surface area (Å²) in [5.41, 5.74) is 1.68. The second kappa shape index (κ2) is 8.65. The van der Waals surface area contributed by atoms with Gasteiger partial charge in [0.1, 0.15) is 0 Å². The fourth-order valence-electron chi connectivity index (χ4n) is 2.41. The van der Waals surface area contributed by atoms with Gasteiger partial charge in [-0.2, -0.15) is 10.2 Å². The first-order valence-electron chi connectivity index (χ1n) is 7.98.